The van der Waals surface area contributed by atoms with Crippen molar-refractivity contribution in [2.75, 3.05) is 5.32 Å². The van der Waals surface area contributed by atoms with E-state index in [4.69, 9.17) is 4.42 Å². The normalized spacial score (nSPS) is 20.2. The maximum atomic E-state index is 13.2. The number of benzene rings is 2. The number of fused-ring (bicyclic) bond motifs is 1. The molecule has 1 aliphatic rings. The lowest BCUT2D eigenvalue weighted by atomic mass is 9.78. The molecule has 1 aliphatic carbocycles. The van der Waals surface area contributed by atoms with Gasteiger partial charge >= 0.3 is 6.18 Å². The lowest BCUT2D eigenvalue weighted by Gasteiger charge is -2.32. The van der Waals surface area contributed by atoms with Crippen LogP contribution in [0.2, 0.25) is 0 Å². The molecule has 2 aromatic carbocycles. The van der Waals surface area contributed by atoms with E-state index in [-0.39, 0.29) is 12.8 Å². The van der Waals surface area contributed by atoms with Crippen LogP contribution in [0, 0.1) is 11.8 Å². The average Bonchev–Trinajstić information content (AvgIpc) is 3.12. The first-order valence-corrected chi connectivity index (χ1v) is 9.25. The topological polar surface area (TPSA) is 55.1 Å². The molecule has 1 aromatic heterocycles. The molecule has 0 unspecified atom stereocenters. The maximum Gasteiger partial charge on any atom is 0.392 e. The first-order chi connectivity index (χ1) is 13.4. The van der Waals surface area contributed by atoms with Crippen LogP contribution in [0.15, 0.2) is 52.9 Å². The molecule has 1 heterocycles. The number of hydrogen-bond acceptors (Lipinski definition) is 3. The quantitative estimate of drug-likeness (QED) is 0.617. The first kappa shape index (κ1) is 18.5. The molecule has 7 heteroatoms. The lowest BCUT2D eigenvalue weighted by Crippen LogP contribution is -2.39. The molecule has 1 amide bonds. The summed E-state index contributed by atoms with van der Waals surface area (Å²) in [4.78, 5) is 16.9. The Kier molecular flexibility index (Phi) is 4.83. The van der Waals surface area contributed by atoms with Gasteiger partial charge in [0, 0.05) is 17.2 Å². The van der Waals surface area contributed by atoms with Gasteiger partial charge < -0.3 is 9.73 Å². The molecule has 3 aromatic rings. The van der Waals surface area contributed by atoms with Crippen molar-refractivity contribution >= 4 is 22.7 Å². The van der Waals surface area contributed by atoms with Crippen molar-refractivity contribution in [3.63, 3.8) is 0 Å². The van der Waals surface area contributed by atoms with Crippen LogP contribution in [0.25, 0.3) is 22.6 Å². The zero-order valence-electron chi connectivity index (χ0n) is 15.0. The zero-order valence-corrected chi connectivity index (χ0v) is 15.0. The number of hydrogen-bond donors (Lipinski definition) is 1. The van der Waals surface area contributed by atoms with E-state index in [2.05, 4.69) is 10.3 Å². The van der Waals surface area contributed by atoms with Crippen LogP contribution in [0.4, 0.5) is 18.9 Å². The highest BCUT2D eigenvalue weighted by molar-refractivity contribution is 5.93. The van der Waals surface area contributed by atoms with Crippen LogP contribution in [-0.2, 0) is 4.79 Å². The van der Waals surface area contributed by atoms with Gasteiger partial charge in [0.1, 0.15) is 5.52 Å². The molecule has 0 aliphatic heterocycles. The summed E-state index contributed by atoms with van der Waals surface area (Å²) in [5.41, 5.74) is 2.59. The molecule has 0 bridgehead atoms. The van der Waals surface area contributed by atoms with Crippen LogP contribution < -0.4 is 5.32 Å². The fourth-order valence-corrected chi connectivity index (χ4v) is 3.76. The van der Waals surface area contributed by atoms with E-state index < -0.39 is 23.9 Å². The van der Waals surface area contributed by atoms with Gasteiger partial charge in [-0.25, -0.2) is 4.98 Å². The van der Waals surface area contributed by atoms with Crippen LogP contribution in [-0.4, -0.2) is 17.1 Å². The van der Waals surface area contributed by atoms with E-state index in [1.807, 2.05) is 24.3 Å². The Bertz CT molecular complexity index is 946. The van der Waals surface area contributed by atoms with Crippen molar-refractivity contribution in [3.8, 4) is 11.5 Å². The van der Waals surface area contributed by atoms with Gasteiger partial charge in [0.25, 0.3) is 0 Å². The number of anilines is 1. The van der Waals surface area contributed by atoms with Gasteiger partial charge in [0.2, 0.25) is 11.8 Å². The molecule has 28 heavy (non-hydrogen) atoms. The fraction of sp³-hybridized carbons (Fsp3) is 0.333. The third-order valence-electron chi connectivity index (χ3n) is 5.22. The lowest BCUT2D eigenvalue weighted by molar-refractivity contribution is -0.197. The minimum absolute atomic E-state index is 0.0121. The molecule has 1 fully saturated rings. The Labute approximate surface area is 159 Å². The second kappa shape index (κ2) is 7.30. The Morgan fingerprint density at radius 1 is 1.04 bits per heavy atom. The van der Waals surface area contributed by atoms with Gasteiger partial charge in [-0.15, -0.1) is 0 Å². The first-order valence-electron chi connectivity index (χ1n) is 9.25. The number of nitrogens with one attached hydrogen (secondary N) is 1. The summed E-state index contributed by atoms with van der Waals surface area (Å²) in [6.07, 6.45) is -2.93. The fourth-order valence-electron chi connectivity index (χ4n) is 3.76. The molecular weight excluding hydrogens is 369 g/mol. The highest BCUT2D eigenvalue weighted by Gasteiger charge is 2.48. The highest BCUT2D eigenvalue weighted by atomic mass is 19.4. The molecule has 2 atom stereocenters. The van der Waals surface area contributed by atoms with Gasteiger partial charge in [-0.05, 0) is 49.2 Å². The number of oxazole rings is 1. The standard InChI is InChI=1S/C21H19F3N2O2/c22-21(23,24)16-6-2-1-5-15(16)19(27)25-14-11-9-13(10-12-14)20-26-17-7-3-4-8-18(17)28-20/h3-4,7-12,15-16H,1-2,5-6H2,(H,25,27)/t15-,16-/m1/s1. The minimum atomic E-state index is -4.35. The summed E-state index contributed by atoms with van der Waals surface area (Å²) in [7, 11) is 0. The molecule has 1 saturated carbocycles. The summed E-state index contributed by atoms with van der Waals surface area (Å²) in [5, 5.41) is 2.63. The smallest absolute Gasteiger partial charge is 0.392 e. The van der Waals surface area contributed by atoms with Crippen molar-refractivity contribution in [3.05, 3.63) is 48.5 Å². The van der Waals surface area contributed by atoms with Gasteiger partial charge in [0.15, 0.2) is 5.58 Å². The van der Waals surface area contributed by atoms with Gasteiger partial charge in [-0.1, -0.05) is 25.0 Å². The summed E-state index contributed by atoms with van der Waals surface area (Å²) < 4.78 is 45.4. The van der Waals surface area contributed by atoms with E-state index in [1.165, 1.54) is 0 Å². The molecule has 0 radical (unpaired) electrons. The van der Waals surface area contributed by atoms with Gasteiger partial charge in [-0.3, -0.25) is 4.79 Å². The number of alkyl halides is 3. The number of rotatable bonds is 3. The number of para-hydroxylation sites is 2. The average molecular weight is 388 g/mol. The van der Waals surface area contributed by atoms with Crippen molar-refractivity contribution in [1.82, 2.24) is 4.98 Å². The van der Waals surface area contributed by atoms with Crippen molar-refractivity contribution in [2.24, 2.45) is 11.8 Å². The molecule has 0 spiro atoms. The van der Waals surface area contributed by atoms with Crippen molar-refractivity contribution < 1.29 is 22.4 Å². The summed E-state index contributed by atoms with van der Waals surface area (Å²) in [6.45, 7) is 0. The van der Waals surface area contributed by atoms with Crippen LogP contribution >= 0.6 is 0 Å². The predicted octanol–water partition coefficient (Wildman–Crippen LogP) is 5.80. The van der Waals surface area contributed by atoms with E-state index in [9.17, 15) is 18.0 Å². The number of carbonyl (C=O) groups excluding carboxylic acids is 1. The summed E-state index contributed by atoms with van der Waals surface area (Å²) >= 11 is 0. The minimum Gasteiger partial charge on any atom is -0.436 e. The van der Waals surface area contributed by atoms with Gasteiger partial charge in [-0.2, -0.15) is 13.2 Å². The Hall–Kier alpha value is -2.83. The maximum absolute atomic E-state index is 13.2. The molecule has 4 nitrogen and oxygen atoms in total. The number of amides is 1. The largest absolute Gasteiger partial charge is 0.436 e. The number of carbonyl (C=O) groups is 1. The molecule has 0 saturated heterocycles. The SMILES string of the molecule is O=C(Nc1ccc(-c2nc3ccccc3o2)cc1)[C@@H]1CCCC[C@H]1C(F)(F)F. The monoisotopic (exact) mass is 388 g/mol. The Morgan fingerprint density at radius 3 is 2.46 bits per heavy atom. The van der Waals surface area contributed by atoms with E-state index in [0.29, 0.717) is 30.0 Å². The third kappa shape index (κ3) is 3.74. The van der Waals surface area contributed by atoms with Crippen molar-refractivity contribution in [2.45, 2.75) is 31.9 Å². The second-order valence-corrected chi connectivity index (χ2v) is 7.09. The van der Waals surface area contributed by atoms with Crippen LogP contribution in [0.3, 0.4) is 0 Å². The Balaban J connectivity index is 1.48. The zero-order chi connectivity index (χ0) is 19.7. The van der Waals surface area contributed by atoms with Crippen molar-refractivity contribution in [1.29, 1.82) is 0 Å². The van der Waals surface area contributed by atoms with Crippen LogP contribution in [0.5, 0.6) is 0 Å². The number of halogens is 3. The summed E-state index contributed by atoms with van der Waals surface area (Å²) in [5.74, 6) is -2.73. The molecule has 1 N–H and O–H groups in total. The van der Waals surface area contributed by atoms with Crippen LogP contribution in [0.1, 0.15) is 25.7 Å². The number of aromatic nitrogens is 1. The van der Waals surface area contributed by atoms with E-state index in [1.54, 1.807) is 24.3 Å². The van der Waals surface area contributed by atoms with Gasteiger partial charge in [0.05, 0.1) is 5.92 Å². The molecule has 146 valence electrons. The molecule has 4 rings (SSSR count). The predicted molar refractivity (Wildman–Crippen MR) is 99.6 cm³/mol. The Morgan fingerprint density at radius 2 is 1.75 bits per heavy atom. The third-order valence-corrected chi connectivity index (χ3v) is 5.22. The second-order valence-electron chi connectivity index (χ2n) is 7.09. The van der Waals surface area contributed by atoms with E-state index in [0.717, 1.165) is 11.1 Å². The molecular formula is C21H19F3N2O2. The van der Waals surface area contributed by atoms with E-state index >= 15 is 0 Å². The number of nitrogens with zero attached hydrogens (tertiary/aromatic N) is 1. The highest BCUT2D eigenvalue weighted by Crippen LogP contribution is 2.42. The summed E-state index contributed by atoms with van der Waals surface area (Å²) in [6, 6.07) is 14.1.